The van der Waals surface area contributed by atoms with E-state index in [0.29, 0.717) is 0 Å². The monoisotopic (exact) mass is 262 g/mol. The van der Waals surface area contributed by atoms with Crippen molar-refractivity contribution in [3.63, 3.8) is 0 Å². The topological polar surface area (TPSA) is 55.2 Å². The Morgan fingerprint density at radius 1 is 1.44 bits per heavy atom. The van der Waals surface area contributed by atoms with Crippen LogP contribution in [0.5, 0.6) is 0 Å². The van der Waals surface area contributed by atoms with Crippen molar-refractivity contribution < 1.29 is 4.92 Å². The van der Waals surface area contributed by atoms with E-state index in [1.807, 2.05) is 22.9 Å². The third-order valence-corrected chi connectivity index (χ3v) is 3.44. The fourth-order valence-electron chi connectivity index (χ4n) is 1.82. The van der Waals surface area contributed by atoms with Crippen LogP contribution < -0.4 is 5.32 Å². The number of hydrogen-bond acceptors (Lipinski definition) is 4. The fourth-order valence-corrected chi connectivity index (χ4v) is 2.42. The highest BCUT2D eigenvalue weighted by molar-refractivity contribution is 7.08. The molecule has 2 aromatic rings. The molecule has 1 aromatic carbocycles. The first kappa shape index (κ1) is 12.6. The number of benzene rings is 1. The van der Waals surface area contributed by atoms with Crippen LogP contribution in [-0.4, -0.2) is 4.92 Å². The zero-order valence-electron chi connectivity index (χ0n) is 10.00. The van der Waals surface area contributed by atoms with Gasteiger partial charge in [-0.25, -0.2) is 0 Å². The van der Waals surface area contributed by atoms with Crippen LogP contribution in [0.1, 0.15) is 24.9 Å². The summed E-state index contributed by atoms with van der Waals surface area (Å²) in [5.41, 5.74) is 2.13. The predicted molar refractivity (Wildman–Crippen MR) is 74.1 cm³/mol. The molecule has 0 bridgehead atoms. The van der Waals surface area contributed by atoms with E-state index in [0.717, 1.165) is 17.7 Å². The first-order valence-electron chi connectivity index (χ1n) is 5.73. The molecular weight excluding hydrogens is 248 g/mol. The average molecular weight is 262 g/mol. The number of nitro benzene ring substituents is 1. The van der Waals surface area contributed by atoms with Crippen LogP contribution in [0.15, 0.2) is 41.1 Å². The van der Waals surface area contributed by atoms with Gasteiger partial charge in [-0.3, -0.25) is 10.1 Å². The lowest BCUT2D eigenvalue weighted by molar-refractivity contribution is -0.384. The molecule has 2 rings (SSSR count). The van der Waals surface area contributed by atoms with E-state index in [2.05, 4.69) is 12.2 Å². The highest BCUT2D eigenvalue weighted by Crippen LogP contribution is 2.26. The number of nitrogens with one attached hydrogen (secondary N) is 1. The number of nitro groups is 1. The van der Waals surface area contributed by atoms with Crippen molar-refractivity contribution in [1.82, 2.24) is 0 Å². The molecule has 1 aromatic heterocycles. The molecule has 0 fully saturated rings. The van der Waals surface area contributed by atoms with E-state index in [1.165, 1.54) is 6.07 Å². The summed E-state index contributed by atoms with van der Waals surface area (Å²) in [5, 5.41) is 18.2. The molecule has 18 heavy (non-hydrogen) atoms. The average Bonchev–Trinajstić information content (AvgIpc) is 2.89. The standard InChI is InChI=1S/C13H14N2O2S/c1-2-13(14-11-6-7-18-9-11)10-4-3-5-12(8-10)15(16)17/h3-9,13-14H,2H2,1H3. The highest BCUT2D eigenvalue weighted by atomic mass is 32.1. The second-order valence-electron chi connectivity index (χ2n) is 3.97. The van der Waals surface area contributed by atoms with Crippen molar-refractivity contribution in [2.24, 2.45) is 0 Å². The summed E-state index contributed by atoms with van der Waals surface area (Å²) in [4.78, 5) is 10.4. The van der Waals surface area contributed by atoms with Gasteiger partial charge in [-0.2, -0.15) is 11.3 Å². The number of hydrogen-bond donors (Lipinski definition) is 1. The maximum Gasteiger partial charge on any atom is 0.269 e. The Morgan fingerprint density at radius 2 is 2.28 bits per heavy atom. The number of rotatable bonds is 5. The van der Waals surface area contributed by atoms with Gasteiger partial charge in [0.2, 0.25) is 0 Å². The Hall–Kier alpha value is -1.88. The summed E-state index contributed by atoms with van der Waals surface area (Å²) < 4.78 is 0. The third-order valence-electron chi connectivity index (χ3n) is 2.75. The van der Waals surface area contributed by atoms with Crippen LogP contribution in [0.25, 0.3) is 0 Å². The molecule has 0 spiro atoms. The summed E-state index contributed by atoms with van der Waals surface area (Å²) in [6, 6.07) is 8.89. The van der Waals surface area contributed by atoms with Gasteiger partial charge in [-0.05, 0) is 23.4 Å². The molecule has 0 aliphatic rings. The summed E-state index contributed by atoms with van der Waals surface area (Å²) in [6.45, 7) is 2.06. The molecule has 1 unspecified atom stereocenters. The van der Waals surface area contributed by atoms with Gasteiger partial charge in [0, 0.05) is 23.2 Å². The lowest BCUT2D eigenvalue weighted by Crippen LogP contribution is -2.09. The number of thiophene rings is 1. The summed E-state index contributed by atoms with van der Waals surface area (Å²) in [7, 11) is 0. The van der Waals surface area contributed by atoms with Crippen LogP contribution in [0, 0.1) is 10.1 Å². The highest BCUT2D eigenvalue weighted by Gasteiger charge is 2.13. The lowest BCUT2D eigenvalue weighted by Gasteiger charge is -2.17. The Balaban J connectivity index is 2.21. The molecule has 0 aliphatic carbocycles. The van der Waals surface area contributed by atoms with Crippen LogP contribution in [0.4, 0.5) is 11.4 Å². The van der Waals surface area contributed by atoms with E-state index < -0.39 is 0 Å². The smallest absolute Gasteiger partial charge is 0.269 e. The Morgan fingerprint density at radius 3 is 2.89 bits per heavy atom. The first-order valence-corrected chi connectivity index (χ1v) is 6.68. The summed E-state index contributed by atoms with van der Waals surface area (Å²) >= 11 is 1.62. The van der Waals surface area contributed by atoms with Crippen molar-refractivity contribution in [3.05, 3.63) is 56.8 Å². The van der Waals surface area contributed by atoms with Gasteiger partial charge in [-0.15, -0.1) is 0 Å². The van der Waals surface area contributed by atoms with Crippen molar-refractivity contribution in [3.8, 4) is 0 Å². The van der Waals surface area contributed by atoms with Crippen molar-refractivity contribution in [2.75, 3.05) is 5.32 Å². The molecule has 0 amide bonds. The van der Waals surface area contributed by atoms with Crippen LogP contribution in [0.3, 0.4) is 0 Å². The minimum atomic E-state index is -0.360. The molecular formula is C13H14N2O2S. The Bertz CT molecular complexity index is 526. The molecule has 1 atom stereocenters. The second-order valence-corrected chi connectivity index (χ2v) is 4.75. The maximum atomic E-state index is 10.8. The lowest BCUT2D eigenvalue weighted by atomic mass is 10.0. The minimum Gasteiger partial charge on any atom is -0.378 e. The quantitative estimate of drug-likeness (QED) is 0.648. The van der Waals surface area contributed by atoms with Gasteiger partial charge in [0.1, 0.15) is 0 Å². The SMILES string of the molecule is CCC(Nc1ccsc1)c1cccc([N+](=O)[O-])c1. The van der Waals surface area contributed by atoms with Crippen LogP contribution in [-0.2, 0) is 0 Å². The Kier molecular flexibility index (Phi) is 3.94. The number of anilines is 1. The molecule has 0 saturated heterocycles. The molecule has 4 nitrogen and oxygen atoms in total. The van der Waals surface area contributed by atoms with E-state index >= 15 is 0 Å². The van der Waals surface area contributed by atoms with E-state index in [-0.39, 0.29) is 16.7 Å². The maximum absolute atomic E-state index is 10.8. The van der Waals surface area contributed by atoms with E-state index in [9.17, 15) is 10.1 Å². The number of nitrogens with zero attached hydrogens (tertiary/aromatic N) is 1. The van der Waals surface area contributed by atoms with Crippen LogP contribution in [0.2, 0.25) is 0 Å². The normalized spacial score (nSPS) is 12.1. The van der Waals surface area contributed by atoms with Gasteiger partial charge in [0.25, 0.3) is 5.69 Å². The predicted octanol–water partition coefficient (Wildman–Crippen LogP) is 4.22. The molecule has 0 radical (unpaired) electrons. The molecule has 1 N–H and O–H groups in total. The van der Waals surface area contributed by atoms with Crippen molar-refractivity contribution in [1.29, 1.82) is 0 Å². The molecule has 0 aliphatic heterocycles. The fraction of sp³-hybridized carbons (Fsp3) is 0.231. The van der Waals surface area contributed by atoms with Gasteiger partial charge in [0.15, 0.2) is 0 Å². The second kappa shape index (κ2) is 5.64. The third kappa shape index (κ3) is 2.87. The van der Waals surface area contributed by atoms with Crippen LogP contribution >= 0.6 is 11.3 Å². The zero-order valence-corrected chi connectivity index (χ0v) is 10.8. The number of non-ortho nitro benzene ring substituents is 1. The minimum absolute atomic E-state index is 0.0968. The van der Waals surface area contributed by atoms with Gasteiger partial charge < -0.3 is 5.32 Å². The van der Waals surface area contributed by atoms with E-state index in [1.54, 1.807) is 23.5 Å². The van der Waals surface area contributed by atoms with E-state index in [4.69, 9.17) is 0 Å². The van der Waals surface area contributed by atoms with Crippen molar-refractivity contribution >= 4 is 22.7 Å². The first-order chi connectivity index (χ1) is 8.70. The largest absolute Gasteiger partial charge is 0.378 e. The zero-order chi connectivity index (χ0) is 13.0. The molecule has 94 valence electrons. The van der Waals surface area contributed by atoms with Crippen molar-refractivity contribution in [2.45, 2.75) is 19.4 Å². The van der Waals surface area contributed by atoms with Gasteiger partial charge in [0.05, 0.1) is 11.0 Å². The molecule has 5 heteroatoms. The summed E-state index contributed by atoms with van der Waals surface area (Å²) in [6.07, 6.45) is 0.872. The molecule has 1 heterocycles. The molecule has 0 saturated carbocycles. The summed E-state index contributed by atoms with van der Waals surface area (Å²) in [5.74, 6) is 0. The Labute approximate surface area is 109 Å². The van der Waals surface area contributed by atoms with Gasteiger partial charge >= 0.3 is 0 Å². The van der Waals surface area contributed by atoms with Gasteiger partial charge in [-0.1, -0.05) is 19.1 Å².